The van der Waals surface area contributed by atoms with Crippen LogP contribution in [0.15, 0.2) is 60.6 Å². The number of nitriles is 1. The van der Waals surface area contributed by atoms with E-state index in [0.29, 0.717) is 0 Å². The van der Waals surface area contributed by atoms with Crippen molar-refractivity contribution in [1.82, 2.24) is 14.5 Å². The quantitative estimate of drug-likeness (QED) is 0.507. The SMILES string of the molecule is Cn1cncc1CN(CCC1CCCCC1)CC1=CCC(C)(C#N)C(c2ccccc2)=C1. The summed E-state index contributed by atoms with van der Waals surface area (Å²) in [5, 5.41) is 9.94. The fourth-order valence-electron chi connectivity index (χ4n) is 5.16. The van der Waals surface area contributed by atoms with Gasteiger partial charge in [-0.15, -0.1) is 0 Å². The molecular weight excluding hydrogens is 392 g/mol. The van der Waals surface area contributed by atoms with E-state index >= 15 is 0 Å². The second kappa shape index (κ2) is 10.3. The maximum Gasteiger partial charge on any atom is 0.0945 e. The highest BCUT2D eigenvalue weighted by Gasteiger charge is 2.32. The standard InChI is InChI=1S/C28H36N4/c1-28(21-29)15-13-24(17-27(28)25-11-7-4-8-12-25)19-32(20-26-18-30-22-31(26)2)16-14-23-9-5-3-6-10-23/h4,7-8,11-13,17-18,22-23H,3,5-6,9-10,14-16,19-20H2,1-2H3. The molecule has 1 aromatic heterocycles. The molecule has 0 bridgehead atoms. The van der Waals surface area contributed by atoms with E-state index in [4.69, 9.17) is 0 Å². The van der Waals surface area contributed by atoms with Gasteiger partial charge in [0, 0.05) is 26.3 Å². The fourth-order valence-corrected chi connectivity index (χ4v) is 5.16. The lowest BCUT2D eigenvalue weighted by Crippen LogP contribution is -2.30. The monoisotopic (exact) mass is 428 g/mol. The second-order valence-electron chi connectivity index (χ2n) is 9.85. The first-order valence-electron chi connectivity index (χ1n) is 12.1. The zero-order valence-corrected chi connectivity index (χ0v) is 19.6. The number of hydrogen-bond donors (Lipinski definition) is 0. The van der Waals surface area contributed by atoms with Gasteiger partial charge in [-0.2, -0.15) is 5.26 Å². The van der Waals surface area contributed by atoms with E-state index in [1.54, 1.807) is 0 Å². The van der Waals surface area contributed by atoms with Crippen LogP contribution in [-0.4, -0.2) is 27.5 Å². The van der Waals surface area contributed by atoms with Gasteiger partial charge >= 0.3 is 0 Å². The van der Waals surface area contributed by atoms with Crippen molar-refractivity contribution < 1.29 is 0 Å². The molecule has 0 radical (unpaired) electrons. The van der Waals surface area contributed by atoms with Crippen LogP contribution in [-0.2, 0) is 13.6 Å². The number of imidazole rings is 1. The van der Waals surface area contributed by atoms with Gasteiger partial charge in [-0.05, 0) is 48.9 Å². The van der Waals surface area contributed by atoms with E-state index < -0.39 is 5.41 Å². The highest BCUT2D eigenvalue weighted by atomic mass is 15.2. The molecule has 1 heterocycles. The molecule has 1 saturated carbocycles. The molecule has 4 nitrogen and oxygen atoms in total. The van der Waals surface area contributed by atoms with Gasteiger partial charge in [0.15, 0.2) is 0 Å². The molecular formula is C28H36N4. The first-order chi connectivity index (χ1) is 15.6. The summed E-state index contributed by atoms with van der Waals surface area (Å²) in [6.45, 7) is 4.99. The molecule has 2 aromatic rings. The highest BCUT2D eigenvalue weighted by Crippen LogP contribution is 2.42. The summed E-state index contributed by atoms with van der Waals surface area (Å²) in [4.78, 5) is 6.90. The Morgan fingerprint density at radius 3 is 2.62 bits per heavy atom. The lowest BCUT2D eigenvalue weighted by molar-refractivity contribution is 0.236. The topological polar surface area (TPSA) is 44.9 Å². The van der Waals surface area contributed by atoms with Gasteiger partial charge in [-0.3, -0.25) is 4.90 Å². The van der Waals surface area contributed by atoms with Crippen molar-refractivity contribution in [1.29, 1.82) is 5.26 Å². The van der Waals surface area contributed by atoms with Crippen LogP contribution < -0.4 is 0 Å². The van der Waals surface area contributed by atoms with E-state index in [1.807, 2.05) is 18.6 Å². The average molecular weight is 429 g/mol. The van der Waals surface area contributed by atoms with Gasteiger partial charge < -0.3 is 4.57 Å². The molecule has 4 rings (SSSR count). The number of hydrogen-bond acceptors (Lipinski definition) is 3. The molecule has 2 aliphatic carbocycles. The van der Waals surface area contributed by atoms with Crippen LogP contribution >= 0.6 is 0 Å². The lowest BCUT2D eigenvalue weighted by Gasteiger charge is -2.31. The summed E-state index contributed by atoms with van der Waals surface area (Å²) < 4.78 is 2.13. The van der Waals surface area contributed by atoms with Crippen LogP contribution in [0.5, 0.6) is 0 Å². The number of nitrogens with zero attached hydrogens (tertiary/aromatic N) is 4. The third-order valence-electron chi connectivity index (χ3n) is 7.31. The molecule has 0 N–H and O–H groups in total. The predicted octanol–water partition coefficient (Wildman–Crippen LogP) is 6.14. The second-order valence-corrected chi connectivity index (χ2v) is 9.85. The fraction of sp³-hybridized carbons (Fsp3) is 0.500. The van der Waals surface area contributed by atoms with Crippen molar-refractivity contribution in [3.63, 3.8) is 0 Å². The van der Waals surface area contributed by atoms with Crippen LogP contribution in [0.3, 0.4) is 0 Å². The smallest absolute Gasteiger partial charge is 0.0945 e. The summed E-state index contributed by atoms with van der Waals surface area (Å²) in [5.41, 5.74) is 4.40. The molecule has 2 aliphatic rings. The molecule has 0 amide bonds. The summed E-state index contributed by atoms with van der Waals surface area (Å²) in [6, 6.07) is 13.0. The van der Waals surface area contributed by atoms with Gasteiger partial charge in [0.25, 0.3) is 0 Å². The highest BCUT2D eigenvalue weighted by molar-refractivity contribution is 5.76. The molecule has 168 valence electrons. The van der Waals surface area contributed by atoms with Gasteiger partial charge in [-0.1, -0.05) is 74.6 Å². The third-order valence-corrected chi connectivity index (χ3v) is 7.31. The summed E-state index contributed by atoms with van der Waals surface area (Å²) >= 11 is 0. The first kappa shape index (κ1) is 22.6. The largest absolute Gasteiger partial charge is 0.337 e. The van der Waals surface area contributed by atoms with Gasteiger partial charge in [-0.25, -0.2) is 4.98 Å². The Morgan fingerprint density at radius 1 is 1.16 bits per heavy atom. The summed E-state index contributed by atoms with van der Waals surface area (Å²) in [5.74, 6) is 0.871. The molecule has 0 spiro atoms. The number of allylic oxidation sites excluding steroid dienone is 2. The number of aromatic nitrogens is 2. The van der Waals surface area contributed by atoms with Crippen LogP contribution in [0.25, 0.3) is 5.57 Å². The zero-order chi connectivity index (χ0) is 22.4. The predicted molar refractivity (Wildman–Crippen MR) is 131 cm³/mol. The molecule has 4 heteroatoms. The molecule has 0 aliphatic heterocycles. The van der Waals surface area contributed by atoms with Gasteiger partial charge in [0.1, 0.15) is 0 Å². The Kier molecular flexibility index (Phi) is 7.27. The number of aryl methyl sites for hydroxylation is 1. The van der Waals surface area contributed by atoms with E-state index in [1.165, 1.54) is 49.8 Å². The Morgan fingerprint density at radius 2 is 1.94 bits per heavy atom. The number of rotatable bonds is 8. The molecule has 1 aromatic carbocycles. The lowest BCUT2D eigenvalue weighted by atomic mass is 9.73. The van der Waals surface area contributed by atoms with Crippen molar-refractivity contribution in [2.45, 2.75) is 58.4 Å². The maximum absolute atomic E-state index is 9.94. The van der Waals surface area contributed by atoms with Crippen LogP contribution in [0.1, 0.15) is 63.1 Å². The first-order valence-corrected chi connectivity index (χ1v) is 12.1. The van der Waals surface area contributed by atoms with Crippen LogP contribution in [0.4, 0.5) is 0 Å². The van der Waals surface area contributed by atoms with Crippen LogP contribution in [0.2, 0.25) is 0 Å². The summed E-state index contributed by atoms with van der Waals surface area (Å²) in [7, 11) is 2.08. The van der Waals surface area contributed by atoms with E-state index in [2.05, 4.69) is 70.9 Å². The molecule has 0 saturated heterocycles. The van der Waals surface area contributed by atoms with Crippen LogP contribution in [0, 0.1) is 22.7 Å². The Balaban J connectivity index is 1.52. The normalized spacial score (nSPS) is 21.8. The zero-order valence-electron chi connectivity index (χ0n) is 19.6. The summed E-state index contributed by atoms with van der Waals surface area (Å²) in [6.07, 6.45) is 17.5. The van der Waals surface area contributed by atoms with Crippen molar-refractivity contribution in [3.8, 4) is 6.07 Å². The molecule has 1 fully saturated rings. The van der Waals surface area contributed by atoms with Crippen molar-refractivity contribution in [2.75, 3.05) is 13.1 Å². The Bertz CT molecular complexity index is 988. The molecule has 1 atom stereocenters. The van der Waals surface area contributed by atoms with Gasteiger partial charge in [0.05, 0.1) is 23.5 Å². The minimum atomic E-state index is -0.472. The van der Waals surface area contributed by atoms with Crippen molar-refractivity contribution >= 4 is 5.57 Å². The molecule has 32 heavy (non-hydrogen) atoms. The van der Waals surface area contributed by atoms with E-state index in [9.17, 15) is 5.26 Å². The minimum absolute atomic E-state index is 0.472. The Hall–Kier alpha value is -2.64. The van der Waals surface area contributed by atoms with Gasteiger partial charge in [0.2, 0.25) is 0 Å². The average Bonchev–Trinajstić information content (AvgIpc) is 3.24. The number of benzene rings is 1. The van der Waals surface area contributed by atoms with E-state index in [-0.39, 0.29) is 0 Å². The van der Waals surface area contributed by atoms with Crippen molar-refractivity contribution in [3.05, 3.63) is 71.8 Å². The van der Waals surface area contributed by atoms with E-state index in [0.717, 1.165) is 43.1 Å². The minimum Gasteiger partial charge on any atom is -0.337 e. The Labute approximate surface area is 193 Å². The maximum atomic E-state index is 9.94. The third kappa shape index (κ3) is 5.40. The molecule has 1 unspecified atom stereocenters. The van der Waals surface area contributed by atoms with Crippen molar-refractivity contribution in [2.24, 2.45) is 18.4 Å².